The summed E-state index contributed by atoms with van der Waals surface area (Å²) in [6.07, 6.45) is 1.38. The van der Waals surface area contributed by atoms with Crippen LogP contribution in [0, 0.1) is 20.8 Å². The van der Waals surface area contributed by atoms with E-state index in [1.165, 1.54) is 22.2 Å². The Bertz CT molecular complexity index is 1700. The highest BCUT2D eigenvalue weighted by molar-refractivity contribution is 7.20. The zero-order valence-electron chi connectivity index (χ0n) is 20.7. The Morgan fingerprint density at radius 1 is 0.919 bits per heavy atom. The largest absolute Gasteiger partial charge is 0.321 e. The van der Waals surface area contributed by atoms with Crippen LogP contribution in [0.4, 0.5) is 5.69 Å². The molecule has 2 aromatic heterocycles. The molecule has 0 radical (unpaired) electrons. The van der Waals surface area contributed by atoms with Gasteiger partial charge in [0.15, 0.2) is 5.78 Å². The van der Waals surface area contributed by atoms with Crippen LogP contribution < -0.4 is 10.9 Å². The monoisotopic (exact) mass is 507 g/mol. The van der Waals surface area contributed by atoms with Gasteiger partial charge in [0.05, 0.1) is 23.1 Å². The second-order valence-electron chi connectivity index (χ2n) is 9.05. The van der Waals surface area contributed by atoms with Crippen molar-refractivity contribution in [3.63, 3.8) is 0 Å². The van der Waals surface area contributed by atoms with Gasteiger partial charge in [-0.15, -0.1) is 11.3 Å². The summed E-state index contributed by atoms with van der Waals surface area (Å²) in [6.45, 7) is 5.54. The molecule has 1 amide bonds. The molecule has 0 unspecified atom stereocenters. The zero-order valence-corrected chi connectivity index (χ0v) is 21.6. The number of aryl methyl sites for hydroxylation is 3. The Morgan fingerprint density at radius 3 is 2.32 bits per heavy atom. The molecule has 6 nitrogen and oxygen atoms in total. The second kappa shape index (κ2) is 9.95. The molecule has 0 fully saturated rings. The van der Waals surface area contributed by atoms with Crippen molar-refractivity contribution in [2.75, 3.05) is 5.32 Å². The van der Waals surface area contributed by atoms with Crippen molar-refractivity contribution in [3.05, 3.63) is 117 Å². The highest BCUT2D eigenvalue weighted by Gasteiger charge is 2.21. The average Bonchev–Trinajstić information content (AvgIpc) is 3.25. The van der Waals surface area contributed by atoms with E-state index in [1.807, 2.05) is 74.5 Å². The number of anilines is 1. The predicted molar refractivity (Wildman–Crippen MR) is 149 cm³/mol. The van der Waals surface area contributed by atoms with Crippen LogP contribution in [0.15, 0.2) is 83.9 Å². The van der Waals surface area contributed by atoms with Crippen LogP contribution in [0.25, 0.3) is 21.3 Å². The fourth-order valence-corrected chi connectivity index (χ4v) is 5.38. The van der Waals surface area contributed by atoms with Gasteiger partial charge in [0.25, 0.3) is 11.5 Å². The Balaban J connectivity index is 1.38. The Morgan fingerprint density at radius 2 is 1.62 bits per heavy atom. The Hall–Kier alpha value is -4.36. The van der Waals surface area contributed by atoms with E-state index in [1.54, 1.807) is 19.1 Å². The molecule has 5 aromatic rings. The van der Waals surface area contributed by atoms with Gasteiger partial charge in [0.2, 0.25) is 0 Å². The number of hydrogen-bond acceptors (Lipinski definition) is 5. The first-order valence-electron chi connectivity index (χ1n) is 11.9. The third-order valence-corrected chi connectivity index (χ3v) is 7.58. The van der Waals surface area contributed by atoms with Gasteiger partial charge in [-0.1, -0.05) is 72.3 Å². The van der Waals surface area contributed by atoms with Crippen LogP contribution in [-0.2, 0) is 6.54 Å². The van der Waals surface area contributed by atoms with E-state index >= 15 is 0 Å². The standard InChI is InChI=1S/C30H25N3O3S/c1-18-9-14-24(19(2)15-18)32-28(35)27-20(3)26-29(37-27)31-17-33(30(26)36)16-25(34)23-12-10-22(11-13-23)21-7-5-4-6-8-21/h4-15,17H,16H2,1-3H3,(H,32,35). The summed E-state index contributed by atoms with van der Waals surface area (Å²) in [7, 11) is 0. The lowest BCUT2D eigenvalue weighted by atomic mass is 10.0. The van der Waals surface area contributed by atoms with Gasteiger partial charge in [-0.3, -0.25) is 19.0 Å². The van der Waals surface area contributed by atoms with E-state index in [0.29, 0.717) is 26.2 Å². The quantitative estimate of drug-likeness (QED) is 0.278. The van der Waals surface area contributed by atoms with Crippen LogP contribution >= 0.6 is 11.3 Å². The van der Waals surface area contributed by atoms with Crippen molar-refractivity contribution < 1.29 is 9.59 Å². The molecule has 0 aliphatic rings. The molecule has 0 aliphatic carbocycles. The predicted octanol–water partition coefficient (Wildman–Crippen LogP) is 6.19. The Kier molecular flexibility index (Phi) is 6.54. The molecule has 2 heterocycles. The van der Waals surface area contributed by atoms with Gasteiger partial charge < -0.3 is 5.32 Å². The van der Waals surface area contributed by atoms with Crippen LogP contribution in [0.2, 0.25) is 0 Å². The number of carbonyl (C=O) groups is 2. The van der Waals surface area contributed by atoms with Crippen LogP contribution in [0.1, 0.15) is 36.7 Å². The summed E-state index contributed by atoms with van der Waals surface area (Å²) in [4.78, 5) is 44.6. The SMILES string of the molecule is Cc1ccc(NC(=O)c2sc3ncn(CC(=O)c4ccc(-c5ccccc5)cc4)c(=O)c3c2C)c(C)c1. The third-order valence-electron chi connectivity index (χ3n) is 6.38. The molecule has 3 aromatic carbocycles. The fraction of sp³-hybridized carbons (Fsp3) is 0.133. The fourth-order valence-electron chi connectivity index (χ4n) is 4.35. The lowest BCUT2D eigenvalue weighted by Gasteiger charge is -2.08. The van der Waals surface area contributed by atoms with Crippen molar-refractivity contribution in [2.45, 2.75) is 27.3 Å². The summed E-state index contributed by atoms with van der Waals surface area (Å²) in [5.41, 5.74) is 5.62. The maximum atomic E-state index is 13.3. The number of aromatic nitrogens is 2. The number of hydrogen-bond donors (Lipinski definition) is 1. The molecule has 184 valence electrons. The summed E-state index contributed by atoms with van der Waals surface area (Å²) in [5.74, 6) is -0.475. The average molecular weight is 508 g/mol. The lowest BCUT2D eigenvalue weighted by molar-refractivity contribution is 0.0969. The van der Waals surface area contributed by atoms with Crippen molar-refractivity contribution in [2.24, 2.45) is 0 Å². The van der Waals surface area contributed by atoms with Gasteiger partial charge >= 0.3 is 0 Å². The lowest BCUT2D eigenvalue weighted by Crippen LogP contribution is -2.24. The molecule has 0 spiro atoms. The van der Waals surface area contributed by atoms with Crippen molar-refractivity contribution >= 4 is 38.9 Å². The van der Waals surface area contributed by atoms with Crippen LogP contribution in [0.5, 0.6) is 0 Å². The molecule has 0 atom stereocenters. The van der Waals surface area contributed by atoms with Crippen molar-refractivity contribution in [1.29, 1.82) is 0 Å². The number of amides is 1. The molecular weight excluding hydrogens is 482 g/mol. The number of nitrogens with one attached hydrogen (secondary N) is 1. The van der Waals surface area contributed by atoms with Gasteiger partial charge in [-0.2, -0.15) is 0 Å². The van der Waals surface area contributed by atoms with Gasteiger partial charge in [0, 0.05) is 11.3 Å². The second-order valence-corrected chi connectivity index (χ2v) is 10.1. The molecule has 0 aliphatic heterocycles. The van der Waals surface area contributed by atoms with E-state index < -0.39 is 0 Å². The number of thiophene rings is 1. The topological polar surface area (TPSA) is 81.1 Å². The summed E-state index contributed by atoms with van der Waals surface area (Å²) in [5, 5.41) is 3.31. The van der Waals surface area contributed by atoms with E-state index in [9.17, 15) is 14.4 Å². The zero-order chi connectivity index (χ0) is 26.1. The maximum absolute atomic E-state index is 13.3. The number of nitrogens with zero attached hydrogens (tertiary/aromatic N) is 2. The van der Waals surface area contributed by atoms with Gasteiger partial charge in [-0.25, -0.2) is 4.98 Å². The molecule has 37 heavy (non-hydrogen) atoms. The highest BCUT2D eigenvalue weighted by atomic mass is 32.1. The first-order valence-corrected chi connectivity index (χ1v) is 12.7. The van der Waals surface area contributed by atoms with E-state index in [0.717, 1.165) is 27.9 Å². The number of rotatable bonds is 6. The maximum Gasteiger partial charge on any atom is 0.266 e. The molecule has 0 saturated heterocycles. The van der Waals surface area contributed by atoms with Crippen LogP contribution in [0.3, 0.4) is 0 Å². The third kappa shape index (κ3) is 4.86. The van der Waals surface area contributed by atoms with E-state index in [-0.39, 0.29) is 23.8 Å². The molecule has 0 saturated carbocycles. The molecule has 0 bridgehead atoms. The minimum absolute atomic E-state index is 0.133. The number of carbonyl (C=O) groups excluding carboxylic acids is 2. The van der Waals surface area contributed by atoms with Crippen LogP contribution in [-0.4, -0.2) is 21.2 Å². The van der Waals surface area contributed by atoms with E-state index in [2.05, 4.69) is 10.3 Å². The highest BCUT2D eigenvalue weighted by Crippen LogP contribution is 2.28. The van der Waals surface area contributed by atoms with Crippen molar-refractivity contribution in [1.82, 2.24) is 9.55 Å². The van der Waals surface area contributed by atoms with Gasteiger partial charge in [-0.05, 0) is 49.1 Å². The molecule has 7 heteroatoms. The number of benzene rings is 3. The summed E-state index contributed by atoms with van der Waals surface area (Å²) >= 11 is 1.18. The number of Topliss-reactive ketones (excluding diaryl/α,β-unsaturated/α-hetero) is 1. The number of fused-ring (bicyclic) bond motifs is 1. The molecular formula is C30H25N3O3S. The minimum atomic E-state index is -0.335. The first-order chi connectivity index (χ1) is 17.8. The normalized spacial score (nSPS) is 11.0. The van der Waals surface area contributed by atoms with E-state index in [4.69, 9.17) is 0 Å². The molecule has 1 N–H and O–H groups in total. The number of ketones is 1. The summed E-state index contributed by atoms with van der Waals surface area (Å²) < 4.78 is 1.31. The smallest absolute Gasteiger partial charge is 0.266 e. The first kappa shape index (κ1) is 24.3. The van der Waals surface area contributed by atoms with Crippen molar-refractivity contribution in [3.8, 4) is 11.1 Å². The molecule has 5 rings (SSSR count). The minimum Gasteiger partial charge on any atom is -0.321 e. The van der Waals surface area contributed by atoms with Gasteiger partial charge in [0.1, 0.15) is 4.83 Å². The summed E-state index contributed by atoms with van der Waals surface area (Å²) in [6, 6.07) is 23.1. The Labute approximate surface area is 218 Å².